The Morgan fingerprint density at radius 2 is 1.84 bits per heavy atom. The van der Waals surface area contributed by atoms with E-state index in [-0.39, 0.29) is 18.7 Å². The lowest BCUT2D eigenvalue weighted by Crippen LogP contribution is -2.38. The number of hydrogen-bond donors (Lipinski definition) is 3. The van der Waals surface area contributed by atoms with Crippen LogP contribution in [0.1, 0.15) is 23.7 Å². The van der Waals surface area contributed by atoms with E-state index in [2.05, 4.69) is 22.3 Å². The number of nitrogens with zero attached hydrogens (tertiary/aromatic N) is 1. The first-order chi connectivity index (χ1) is 12.1. The zero-order valence-electron chi connectivity index (χ0n) is 14.2. The van der Waals surface area contributed by atoms with Crippen molar-refractivity contribution < 1.29 is 14.6 Å². The summed E-state index contributed by atoms with van der Waals surface area (Å²) < 4.78 is 13.7. The highest BCUT2D eigenvalue weighted by molar-refractivity contribution is 5.20. The zero-order valence-corrected chi connectivity index (χ0v) is 14.2. The van der Waals surface area contributed by atoms with Gasteiger partial charge in [0.15, 0.2) is 0 Å². The van der Waals surface area contributed by atoms with Crippen molar-refractivity contribution in [3.8, 4) is 0 Å². The van der Waals surface area contributed by atoms with Crippen LogP contribution in [-0.2, 0) is 6.54 Å². The van der Waals surface area contributed by atoms with Crippen LogP contribution >= 0.6 is 0 Å². The lowest BCUT2D eigenvalue weighted by atomic mass is 10.1. The van der Waals surface area contributed by atoms with E-state index >= 15 is 0 Å². The first-order valence-corrected chi connectivity index (χ1v) is 8.72. The van der Waals surface area contributed by atoms with Crippen molar-refractivity contribution in [2.24, 2.45) is 0 Å². The van der Waals surface area contributed by atoms with Gasteiger partial charge in [-0.2, -0.15) is 0 Å². The Hall–Kier alpha value is -1.79. The van der Waals surface area contributed by atoms with Gasteiger partial charge in [-0.3, -0.25) is 4.90 Å². The molecule has 25 heavy (non-hydrogen) atoms. The van der Waals surface area contributed by atoms with Crippen LogP contribution in [0.4, 0.5) is 4.39 Å². The molecule has 0 bridgehead atoms. The molecule has 4 nitrogen and oxygen atoms in total. The number of likely N-dealkylation sites (tertiary alicyclic amines) is 1. The summed E-state index contributed by atoms with van der Waals surface area (Å²) in [6, 6.07) is 16.7. The average Bonchev–Trinajstić information content (AvgIpc) is 2.95. The van der Waals surface area contributed by atoms with Crippen LogP contribution in [0.5, 0.6) is 0 Å². The van der Waals surface area contributed by atoms with E-state index in [9.17, 15) is 14.6 Å². The molecule has 0 spiro atoms. The van der Waals surface area contributed by atoms with Crippen LogP contribution in [0.15, 0.2) is 54.6 Å². The van der Waals surface area contributed by atoms with Gasteiger partial charge < -0.3 is 15.5 Å². The van der Waals surface area contributed by atoms with Gasteiger partial charge in [0.1, 0.15) is 5.82 Å². The van der Waals surface area contributed by atoms with Crippen LogP contribution in [-0.4, -0.2) is 46.9 Å². The lowest BCUT2D eigenvalue weighted by molar-refractivity contribution is 0.161. The van der Waals surface area contributed by atoms with Crippen LogP contribution in [0.2, 0.25) is 0 Å². The molecule has 1 fully saturated rings. The van der Waals surface area contributed by atoms with Gasteiger partial charge in [0, 0.05) is 37.8 Å². The fourth-order valence-corrected chi connectivity index (χ4v) is 3.42. The molecule has 0 radical (unpaired) electrons. The summed E-state index contributed by atoms with van der Waals surface area (Å²) in [7, 11) is 0. The van der Waals surface area contributed by atoms with E-state index in [0.717, 1.165) is 6.54 Å². The summed E-state index contributed by atoms with van der Waals surface area (Å²) in [4.78, 5) is 2.25. The minimum absolute atomic E-state index is 0.197. The van der Waals surface area contributed by atoms with Gasteiger partial charge in [0.05, 0.1) is 12.2 Å². The number of benzene rings is 2. The molecule has 134 valence electrons. The van der Waals surface area contributed by atoms with E-state index in [1.165, 1.54) is 11.6 Å². The molecule has 1 aliphatic rings. The number of hydrogen-bond acceptors (Lipinski definition) is 4. The molecule has 0 unspecified atom stereocenters. The second-order valence-corrected chi connectivity index (χ2v) is 6.65. The molecule has 0 aromatic heterocycles. The number of aliphatic hydroxyl groups is 2. The fourth-order valence-electron chi connectivity index (χ4n) is 3.42. The number of halogens is 1. The summed E-state index contributed by atoms with van der Waals surface area (Å²) in [5.74, 6) is -0.390. The number of nitrogens with one attached hydrogen (secondary N) is 1. The van der Waals surface area contributed by atoms with E-state index in [1.54, 1.807) is 18.2 Å². The molecular weight excluding hydrogens is 319 g/mol. The molecule has 0 amide bonds. The first-order valence-electron chi connectivity index (χ1n) is 8.72. The first kappa shape index (κ1) is 18.0. The Kier molecular flexibility index (Phi) is 6.15. The van der Waals surface area contributed by atoms with E-state index in [4.69, 9.17) is 0 Å². The van der Waals surface area contributed by atoms with Gasteiger partial charge in [0.25, 0.3) is 0 Å². The van der Waals surface area contributed by atoms with E-state index < -0.39 is 11.9 Å². The van der Waals surface area contributed by atoms with Crippen LogP contribution in [0.3, 0.4) is 0 Å². The average molecular weight is 344 g/mol. The van der Waals surface area contributed by atoms with Crippen molar-refractivity contribution in [2.45, 2.75) is 31.2 Å². The third kappa shape index (κ3) is 4.86. The Morgan fingerprint density at radius 1 is 1.12 bits per heavy atom. The second kappa shape index (κ2) is 8.54. The molecule has 5 heteroatoms. The molecule has 3 N–H and O–H groups in total. The van der Waals surface area contributed by atoms with Gasteiger partial charge in [0.2, 0.25) is 0 Å². The third-order valence-corrected chi connectivity index (χ3v) is 4.72. The van der Waals surface area contributed by atoms with Gasteiger partial charge in [-0.15, -0.1) is 0 Å². The quantitative estimate of drug-likeness (QED) is 0.720. The number of rotatable bonds is 7. The third-order valence-electron chi connectivity index (χ3n) is 4.72. The standard InChI is InChI=1S/C20H25FN2O2/c21-19-9-5-4-8-18(19)20(25)12-22-11-16-10-17(24)14-23(16)13-15-6-2-1-3-7-15/h1-9,16-17,20,22,24-25H,10-14H2/t16-,17-,20+/m1/s1. The largest absolute Gasteiger partial charge is 0.392 e. The fraction of sp³-hybridized carbons (Fsp3) is 0.400. The zero-order chi connectivity index (χ0) is 17.6. The maximum Gasteiger partial charge on any atom is 0.129 e. The van der Waals surface area contributed by atoms with Crippen molar-refractivity contribution in [2.75, 3.05) is 19.6 Å². The summed E-state index contributed by atoms with van der Waals surface area (Å²) in [5, 5.41) is 23.4. The van der Waals surface area contributed by atoms with Crippen molar-refractivity contribution in [1.29, 1.82) is 0 Å². The molecular formula is C20H25FN2O2. The maximum absolute atomic E-state index is 13.7. The molecule has 1 aliphatic heterocycles. The topological polar surface area (TPSA) is 55.7 Å². The summed E-state index contributed by atoms with van der Waals surface area (Å²) in [6.07, 6.45) is -0.502. The predicted octanol–water partition coefficient (Wildman–Crippen LogP) is 2.08. The highest BCUT2D eigenvalue weighted by Crippen LogP contribution is 2.21. The molecule has 2 aromatic rings. The van der Waals surface area contributed by atoms with Crippen molar-refractivity contribution >= 4 is 0 Å². The molecule has 2 aromatic carbocycles. The van der Waals surface area contributed by atoms with Gasteiger partial charge >= 0.3 is 0 Å². The van der Waals surface area contributed by atoms with Crippen LogP contribution < -0.4 is 5.32 Å². The molecule has 0 saturated carbocycles. The Bertz CT molecular complexity index is 668. The molecule has 3 rings (SSSR count). The highest BCUT2D eigenvalue weighted by atomic mass is 19.1. The summed E-state index contributed by atoms with van der Waals surface area (Å²) in [6.45, 7) is 2.37. The van der Waals surface area contributed by atoms with Crippen molar-refractivity contribution in [3.05, 3.63) is 71.5 Å². The molecule has 1 heterocycles. The minimum Gasteiger partial charge on any atom is -0.392 e. The Morgan fingerprint density at radius 3 is 2.60 bits per heavy atom. The molecule has 1 saturated heterocycles. The Balaban J connectivity index is 1.52. The van der Waals surface area contributed by atoms with Crippen molar-refractivity contribution in [1.82, 2.24) is 10.2 Å². The lowest BCUT2D eigenvalue weighted by Gasteiger charge is -2.25. The van der Waals surface area contributed by atoms with Crippen LogP contribution in [0, 0.1) is 5.82 Å². The Labute approximate surface area is 147 Å². The summed E-state index contributed by atoms with van der Waals surface area (Å²) >= 11 is 0. The van der Waals surface area contributed by atoms with E-state index in [0.29, 0.717) is 25.1 Å². The smallest absolute Gasteiger partial charge is 0.129 e. The monoisotopic (exact) mass is 344 g/mol. The van der Waals surface area contributed by atoms with E-state index in [1.807, 2.05) is 18.2 Å². The highest BCUT2D eigenvalue weighted by Gasteiger charge is 2.30. The van der Waals surface area contributed by atoms with Gasteiger partial charge in [-0.05, 0) is 18.1 Å². The SMILES string of the molecule is O[C@@H]1C[C@H](CNC[C@H](O)c2ccccc2F)N(Cc2ccccc2)C1. The van der Waals surface area contributed by atoms with Crippen molar-refractivity contribution in [3.63, 3.8) is 0 Å². The van der Waals surface area contributed by atoms with Gasteiger partial charge in [-0.25, -0.2) is 4.39 Å². The van der Waals surface area contributed by atoms with Crippen LogP contribution in [0.25, 0.3) is 0 Å². The minimum atomic E-state index is -0.880. The second-order valence-electron chi connectivity index (χ2n) is 6.65. The maximum atomic E-state index is 13.7. The van der Waals surface area contributed by atoms with Gasteiger partial charge in [-0.1, -0.05) is 48.5 Å². The predicted molar refractivity (Wildman–Crippen MR) is 95.5 cm³/mol. The molecule has 3 atom stereocenters. The number of aliphatic hydroxyl groups excluding tert-OH is 2. The summed E-state index contributed by atoms with van der Waals surface area (Å²) in [5.41, 5.74) is 1.52. The normalized spacial score (nSPS) is 22.2. The molecule has 0 aliphatic carbocycles. The number of β-amino-alcohol motifs (C(OH)–C–C–N with tert-alkyl or cyclic N) is 1.